The van der Waals surface area contributed by atoms with E-state index in [0.29, 0.717) is 18.8 Å². The fourth-order valence-electron chi connectivity index (χ4n) is 3.48. The van der Waals surface area contributed by atoms with Gasteiger partial charge in [0, 0.05) is 19.0 Å². The third kappa shape index (κ3) is 1.96. The van der Waals surface area contributed by atoms with Crippen molar-refractivity contribution in [3.05, 3.63) is 0 Å². The first-order valence-corrected chi connectivity index (χ1v) is 6.57. The van der Waals surface area contributed by atoms with Crippen molar-refractivity contribution in [3.63, 3.8) is 0 Å². The quantitative estimate of drug-likeness (QED) is 0.419. The second-order valence-electron chi connectivity index (χ2n) is 5.94. The summed E-state index contributed by atoms with van der Waals surface area (Å²) in [5.41, 5.74) is 0.519. The average molecular weight is 272 g/mol. The van der Waals surface area contributed by atoms with Crippen LogP contribution in [0.3, 0.4) is 0 Å². The molecular weight excluding hydrogens is 252 g/mol. The third-order valence-electron chi connectivity index (χ3n) is 4.18. The van der Waals surface area contributed by atoms with Gasteiger partial charge in [-0.05, 0) is 13.8 Å². The highest BCUT2D eigenvalue weighted by atomic mass is 16.8. The molecule has 0 saturated carbocycles. The van der Waals surface area contributed by atoms with Gasteiger partial charge >= 0.3 is 0 Å². The topological polar surface area (TPSA) is 94.8 Å². The molecule has 7 nitrogen and oxygen atoms in total. The summed E-state index contributed by atoms with van der Waals surface area (Å²) in [5, 5.41) is 32.1. The molecular formula is C12H20N2O5. The highest BCUT2D eigenvalue weighted by Crippen LogP contribution is 2.40. The summed E-state index contributed by atoms with van der Waals surface area (Å²) < 4.78 is 11.6. The Morgan fingerprint density at radius 2 is 2.00 bits per heavy atom. The summed E-state index contributed by atoms with van der Waals surface area (Å²) in [5.74, 6) is -0.974. The van der Waals surface area contributed by atoms with Crippen LogP contribution in [0, 0.1) is 5.92 Å². The van der Waals surface area contributed by atoms with Crippen molar-refractivity contribution in [3.8, 4) is 0 Å². The normalized spacial score (nSPS) is 47.4. The molecule has 0 bridgehead atoms. The lowest BCUT2D eigenvalue weighted by Gasteiger charge is -2.38. The van der Waals surface area contributed by atoms with E-state index in [1.54, 1.807) is 13.8 Å². The molecule has 3 saturated heterocycles. The molecule has 3 aliphatic rings. The van der Waals surface area contributed by atoms with Crippen molar-refractivity contribution in [1.82, 2.24) is 4.90 Å². The first-order chi connectivity index (χ1) is 8.96. The zero-order valence-electron chi connectivity index (χ0n) is 11.1. The first-order valence-electron chi connectivity index (χ1n) is 6.57. The summed E-state index contributed by atoms with van der Waals surface area (Å²) >= 11 is 0. The standard InChI is InChI=1S/C12H20N2O5/c1-12(2)18-10-7(16)4-14-3-6(5-15)8(13-17)9(14)11(10)19-12/h6-7,9-11,15-17H,3-5H2,1-2H3/b13-8-/t6-,7+,9+,10-,11+/m0/s1. The Bertz CT molecular complexity index is 400. The van der Waals surface area contributed by atoms with E-state index in [1.165, 1.54) is 0 Å². The Morgan fingerprint density at radius 1 is 1.32 bits per heavy atom. The van der Waals surface area contributed by atoms with Gasteiger partial charge in [0.1, 0.15) is 12.2 Å². The summed E-state index contributed by atoms with van der Waals surface area (Å²) in [6, 6.07) is -0.239. The summed E-state index contributed by atoms with van der Waals surface area (Å²) in [6.07, 6.45) is -1.44. The van der Waals surface area contributed by atoms with Crippen LogP contribution >= 0.6 is 0 Å². The monoisotopic (exact) mass is 272 g/mol. The van der Waals surface area contributed by atoms with E-state index in [4.69, 9.17) is 9.47 Å². The van der Waals surface area contributed by atoms with Gasteiger partial charge in [-0.25, -0.2) is 0 Å². The molecule has 3 heterocycles. The van der Waals surface area contributed by atoms with E-state index in [9.17, 15) is 15.4 Å². The number of hydrogen-bond acceptors (Lipinski definition) is 7. The Balaban J connectivity index is 1.92. The molecule has 108 valence electrons. The minimum atomic E-state index is -0.760. The van der Waals surface area contributed by atoms with Gasteiger partial charge in [0.05, 0.1) is 24.5 Å². The number of hydrogen-bond donors (Lipinski definition) is 3. The van der Waals surface area contributed by atoms with E-state index in [1.807, 2.05) is 4.90 Å². The molecule has 7 heteroatoms. The van der Waals surface area contributed by atoms with Gasteiger partial charge < -0.3 is 24.9 Å². The predicted molar refractivity (Wildman–Crippen MR) is 65.0 cm³/mol. The maximum atomic E-state index is 10.2. The number of nitrogens with zero attached hydrogens (tertiary/aromatic N) is 2. The molecule has 3 fully saturated rings. The van der Waals surface area contributed by atoms with E-state index < -0.39 is 18.0 Å². The zero-order valence-corrected chi connectivity index (χ0v) is 11.1. The van der Waals surface area contributed by atoms with Gasteiger partial charge in [0.25, 0.3) is 0 Å². The van der Waals surface area contributed by atoms with Crippen LogP contribution < -0.4 is 0 Å². The van der Waals surface area contributed by atoms with Crippen LogP contribution in [-0.4, -0.2) is 75.9 Å². The van der Waals surface area contributed by atoms with Crippen molar-refractivity contribution in [2.75, 3.05) is 19.7 Å². The third-order valence-corrected chi connectivity index (χ3v) is 4.18. The minimum absolute atomic E-state index is 0.0792. The number of rotatable bonds is 1. The van der Waals surface area contributed by atoms with Gasteiger partial charge in [-0.15, -0.1) is 0 Å². The van der Waals surface area contributed by atoms with Crippen molar-refractivity contribution in [2.45, 2.75) is 44.0 Å². The molecule has 0 aromatic rings. The van der Waals surface area contributed by atoms with Crippen LogP contribution in [0.15, 0.2) is 5.16 Å². The summed E-state index contributed by atoms with van der Waals surface area (Å²) in [4.78, 5) is 1.99. The Morgan fingerprint density at radius 3 is 2.63 bits per heavy atom. The van der Waals surface area contributed by atoms with Crippen molar-refractivity contribution in [2.24, 2.45) is 11.1 Å². The second-order valence-corrected chi connectivity index (χ2v) is 5.94. The van der Waals surface area contributed by atoms with Crippen LogP contribution in [0.2, 0.25) is 0 Å². The van der Waals surface area contributed by atoms with Crippen LogP contribution in [0.1, 0.15) is 13.8 Å². The molecule has 0 aromatic heterocycles. The molecule has 3 rings (SSSR count). The predicted octanol–water partition coefficient (Wildman–Crippen LogP) is -0.996. The molecule has 0 radical (unpaired) electrons. The fourth-order valence-corrected chi connectivity index (χ4v) is 3.48. The molecule has 19 heavy (non-hydrogen) atoms. The van der Waals surface area contributed by atoms with Gasteiger partial charge in [-0.3, -0.25) is 4.90 Å². The van der Waals surface area contributed by atoms with Gasteiger partial charge in [-0.2, -0.15) is 0 Å². The molecule has 0 aliphatic carbocycles. The molecule has 3 N–H and O–H groups in total. The minimum Gasteiger partial charge on any atom is -0.411 e. The molecule has 0 amide bonds. The average Bonchev–Trinajstić information content (AvgIpc) is 2.85. The number of fused-ring (bicyclic) bond motifs is 3. The molecule has 0 spiro atoms. The molecule has 3 aliphatic heterocycles. The van der Waals surface area contributed by atoms with E-state index in [-0.39, 0.29) is 24.7 Å². The number of aliphatic hydroxyl groups excluding tert-OH is 2. The Labute approximate surface area is 111 Å². The molecule has 0 aromatic carbocycles. The van der Waals surface area contributed by atoms with Crippen LogP contribution in [0.5, 0.6) is 0 Å². The van der Waals surface area contributed by atoms with Crippen LogP contribution in [-0.2, 0) is 9.47 Å². The maximum Gasteiger partial charge on any atom is 0.163 e. The van der Waals surface area contributed by atoms with Crippen molar-refractivity contribution < 1.29 is 24.9 Å². The van der Waals surface area contributed by atoms with Crippen LogP contribution in [0.25, 0.3) is 0 Å². The lowest BCUT2D eigenvalue weighted by molar-refractivity contribution is -0.152. The highest BCUT2D eigenvalue weighted by Gasteiger charge is 2.58. The first kappa shape index (κ1) is 13.3. The molecule has 5 atom stereocenters. The summed E-state index contributed by atoms with van der Waals surface area (Å²) in [7, 11) is 0. The van der Waals surface area contributed by atoms with Crippen molar-refractivity contribution in [1.29, 1.82) is 0 Å². The highest BCUT2D eigenvalue weighted by molar-refractivity contribution is 5.94. The fraction of sp³-hybridized carbons (Fsp3) is 0.917. The number of aliphatic hydroxyl groups is 2. The van der Waals surface area contributed by atoms with Gasteiger partial charge in [0.15, 0.2) is 5.79 Å². The maximum absolute atomic E-state index is 10.2. The lowest BCUT2D eigenvalue weighted by Crippen LogP contribution is -2.59. The molecule has 0 unspecified atom stereocenters. The van der Waals surface area contributed by atoms with E-state index in [2.05, 4.69) is 5.16 Å². The van der Waals surface area contributed by atoms with Crippen LogP contribution in [0.4, 0.5) is 0 Å². The van der Waals surface area contributed by atoms with Crippen molar-refractivity contribution >= 4 is 5.71 Å². The van der Waals surface area contributed by atoms with E-state index >= 15 is 0 Å². The number of oxime groups is 1. The second kappa shape index (κ2) is 4.39. The Kier molecular flexibility index (Phi) is 3.06. The van der Waals surface area contributed by atoms with Gasteiger partial charge in [0.2, 0.25) is 0 Å². The Hall–Kier alpha value is -0.730. The number of piperidine rings is 1. The SMILES string of the molecule is CC1(C)O[C@@H]2[C@H](O1)[C@H]1/C(=N\O)[C@H](CO)CN1C[C@H]2O. The lowest BCUT2D eigenvalue weighted by atomic mass is 9.91. The smallest absolute Gasteiger partial charge is 0.163 e. The summed E-state index contributed by atoms with van der Waals surface area (Å²) in [6.45, 7) is 4.52. The number of ether oxygens (including phenoxy) is 2. The zero-order chi connectivity index (χ0) is 13.8. The van der Waals surface area contributed by atoms with Gasteiger partial charge in [-0.1, -0.05) is 5.16 Å². The van der Waals surface area contributed by atoms with E-state index in [0.717, 1.165) is 0 Å². The largest absolute Gasteiger partial charge is 0.411 e.